The Labute approximate surface area is 156 Å². The fourth-order valence-corrected chi connectivity index (χ4v) is 2.96. The normalized spacial score (nSPS) is 10.6. The van der Waals surface area contributed by atoms with Gasteiger partial charge in [0.2, 0.25) is 0 Å². The Morgan fingerprint density at radius 1 is 0.926 bits per heavy atom. The van der Waals surface area contributed by atoms with Crippen molar-refractivity contribution in [1.29, 1.82) is 0 Å². The molecule has 0 unspecified atom stereocenters. The molecule has 138 valence electrons. The third kappa shape index (κ3) is 4.11. The van der Waals surface area contributed by atoms with Crippen molar-refractivity contribution in [2.24, 2.45) is 0 Å². The van der Waals surface area contributed by atoms with E-state index < -0.39 is 11.6 Å². The lowest BCUT2D eigenvalue weighted by atomic mass is 10.0. The second kappa shape index (κ2) is 7.53. The van der Waals surface area contributed by atoms with E-state index in [1.807, 2.05) is 32.9 Å². The van der Waals surface area contributed by atoms with Gasteiger partial charge in [-0.25, -0.2) is 8.78 Å². The topological polar surface area (TPSA) is 54.0 Å². The van der Waals surface area contributed by atoms with Gasteiger partial charge in [0.05, 0.1) is 17.4 Å². The van der Waals surface area contributed by atoms with Crippen molar-refractivity contribution >= 4 is 23.0 Å². The number of carbonyl (C=O) groups excluding carboxylic acids is 1. The molecule has 0 spiro atoms. The number of para-hydroxylation sites is 1. The van der Waals surface area contributed by atoms with E-state index in [4.69, 9.17) is 0 Å². The first-order valence-corrected chi connectivity index (χ1v) is 8.40. The molecule has 1 amide bonds. The zero-order valence-corrected chi connectivity index (χ0v) is 15.2. The fraction of sp³-hybridized carbons (Fsp3) is 0.143. The second-order valence-electron chi connectivity index (χ2n) is 6.41. The van der Waals surface area contributed by atoms with Crippen molar-refractivity contribution in [3.63, 3.8) is 0 Å². The highest BCUT2D eigenvalue weighted by molar-refractivity contribution is 6.05. The van der Waals surface area contributed by atoms with Crippen LogP contribution in [-0.2, 0) is 0 Å². The maximum Gasteiger partial charge on any atom is 0.257 e. The highest BCUT2D eigenvalue weighted by Crippen LogP contribution is 2.25. The lowest BCUT2D eigenvalue weighted by molar-refractivity contribution is 0.102. The summed E-state index contributed by atoms with van der Waals surface area (Å²) in [6, 6.07) is 9.05. The Balaban J connectivity index is 1.84. The molecule has 1 aromatic heterocycles. The van der Waals surface area contributed by atoms with Gasteiger partial charge >= 0.3 is 0 Å². The summed E-state index contributed by atoms with van der Waals surface area (Å²) in [5.41, 5.74) is 4.06. The van der Waals surface area contributed by atoms with E-state index in [1.54, 1.807) is 0 Å². The van der Waals surface area contributed by atoms with Gasteiger partial charge in [0.1, 0.15) is 17.3 Å². The van der Waals surface area contributed by atoms with Crippen molar-refractivity contribution in [2.75, 3.05) is 10.6 Å². The number of rotatable bonds is 4. The summed E-state index contributed by atoms with van der Waals surface area (Å²) in [4.78, 5) is 16.6. The van der Waals surface area contributed by atoms with E-state index in [0.29, 0.717) is 5.69 Å². The maximum atomic E-state index is 13.8. The lowest BCUT2D eigenvalue weighted by Gasteiger charge is -2.13. The summed E-state index contributed by atoms with van der Waals surface area (Å²) in [5.74, 6) is -1.80. The summed E-state index contributed by atoms with van der Waals surface area (Å²) in [5, 5.41) is 5.52. The smallest absolute Gasteiger partial charge is 0.257 e. The van der Waals surface area contributed by atoms with Crippen molar-refractivity contribution in [1.82, 2.24) is 4.98 Å². The van der Waals surface area contributed by atoms with E-state index in [-0.39, 0.29) is 17.2 Å². The molecule has 0 fully saturated rings. The number of aryl methyl sites for hydroxylation is 3. The van der Waals surface area contributed by atoms with E-state index >= 15 is 0 Å². The summed E-state index contributed by atoms with van der Waals surface area (Å²) < 4.78 is 27.6. The van der Waals surface area contributed by atoms with Crippen LogP contribution >= 0.6 is 0 Å². The molecule has 6 heteroatoms. The van der Waals surface area contributed by atoms with Crippen LogP contribution in [0.5, 0.6) is 0 Å². The molecule has 3 rings (SSSR count). The number of nitrogens with one attached hydrogen (secondary N) is 2. The van der Waals surface area contributed by atoms with Gasteiger partial charge in [-0.05, 0) is 50.1 Å². The Bertz CT molecular complexity index is 975. The number of hydrogen-bond acceptors (Lipinski definition) is 3. The first-order chi connectivity index (χ1) is 12.8. The molecule has 1 heterocycles. The van der Waals surface area contributed by atoms with Gasteiger partial charge in [0.15, 0.2) is 0 Å². The van der Waals surface area contributed by atoms with Crippen LogP contribution in [0, 0.1) is 32.4 Å². The number of anilines is 3. The monoisotopic (exact) mass is 367 g/mol. The molecule has 2 aromatic carbocycles. The summed E-state index contributed by atoms with van der Waals surface area (Å²) >= 11 is 0. The average molecular weight is 367 g/mol. The Kier molecular flexibility index (Phi) is 5.16. The minimum Gasteiger partial charge on any atom is -0.349 e. The average Bonchev–Trinajstić information content (AvgIpc) is 2.61. The molecule has 3 aromatic rings. The van der Waals surface area contributed by atoms with Crippen LogP contribution in [0.4, 0.5) is 25.8 Å². The van der Waals surface area contributed by atoms with Crippen LogP contribution in [0.1, 0.15) is 27.0 Å². The summed E-state index contributed by atoms with van der Waals surface area (Å²) in [7, 11) is 0. The van der Waals surface area contributed by atoms with E-state index in [1.165, 1.54) is 24.5 Å². The van der Waals surface area contributed by atoms with Crippen LogP contribution in [0.15, 0.2) is 48.8 Å². The first-order valence-electron chi connectivity index (χ1n) is 8.40. The van der Waals surface area contributed by atoms with Crippen LogP contribution in [-0.4, -0.2) is 10.9 Å². The van der Waals surface area contributed by atoms with Crippen molar-refractivity contribution in [3.8, 4) is 0 Å². The number of benzene rings is 2. The van der Waals surface area contributed by atoms with Gasteiger partial charge < -0.3 is 10.6 Å². The largest absolute Gasteiger partial charge is 0.349 e. The minimum absolute atomic E-state index is 0.274. The predicted molar refractivity (Wildman–Crippen MR) is 102 cm³/mol. The zero-order chi connectivity index (χ0) is 19.6. The Morgan fingerprint density at radius 3 is 2.19 bits per heavy atom. The molecule has 2 N–H and O–H groups in total. The van der Waals surface area contributed by atoms with E-state index in [9.17, 15) is 13.6 Å². The molecule has 0 bridgehead atoms. The van der Waals surface area contributed by atoms with Gasteiger partial charge in [0.25, 0.3) is 5.91 Å². The molecular formula is C21H19F2N3O. The quantitative estimate of drug-likeness (QED) is 0.659. The van der Waals surface area contributed by atoms with Crippen LogP contribution in [0.3, 0.4) is 0 Å². The van der Waals surface area contributed by atoms with Gasteiger partial charge in [0, 0.05) is 11.9 Å². The maximum absolute atomic E-state index is 13.8. The summed E-state index contributed by atoms with van der Waals surface area (Å²) in [6.45, 7) is 5.84. The SMILES string of the molecule is Cc1cc(C)c(NC(=O)c2cncc(Nc3c(F)cccc3F)c2)c(C)c1. The third-order valence-corrected chi connectivity index (χ3v) is 4.15. The molecule has 0 saturated heterocycles. The molecule has 0 atom stereocenters. The van der Waals surface area contributed by atoms with E-state index in [0.717, 1.165) is 34.5 Å². The molecular weight excluding hydrogens is 348 g/mol. The number of hydrogen-bond donors (Lipinski definition) is 2. The van der Waals surface area contributed by atoms with Gasteiger partial charge in [-0.3, -0.25) is 9.78 Å². The van der Waals surface area contributed by atoms with E-state index in [2.05, 4.69) is 15.6 Å². The van der Waals surface area contributed by atoms with Crippen LogP contribution < -0.4 is 10.6 Å². The van der Waals surface area contributed by atoms with Crippen molar-refractivity contribution < 1.29 is 13.6 Å². The first kappa shape index (κ1) is 18.5. The highest BCUT2D eigenvalue weighted by atomic mass is 19.1. The second-order valence-corrected chi connectivity index (χ2v) is 6.41. The van der Waals surface area contributed by atoms with Gasteiger partial charge in [-0.15, -0.1) is 0 Å². The zero-order valence-electron chi connectivity index (χ0n) is 15.2. The minimum atomic E-state index is -0.726. The molecule has 27 heavy (non-hydrogen) atoms. The van der Waals surface area contributed by atoms with Crippen molar-refractivity contribution in [3.05, 3.63) is 82.7 Å². The Morgan fingerprint density at radius 2 is 1.56 bits per heavy atom. The summed E-state index contributed by atoms with van der Waals surface area (Å²) in [6.07, 6.45) is 2.79. The lowest BCUT2D eigenvalue weighted by Crippen LogP contribution is -2.14. The predicted octanol–water partition coefficient (Wildman–Crippen LogP) is 5.28. The van der Waals surface area contributed by atoms with Crippen molar-refractivity contribution in [2.45, 2.75) is 20.8 Å². The number of amides is 1. The number of halogens is 2. The standard InChI is InChI=1S/C21H19F2N3O/c1-12-7-13(2)19(14(3)8-12)26-21(27)15-9-16(11-24-10-15)25-20-17(22)5-4-6-18(20)23/h4-11,25H,1-3H3,(H,26,27). The fourth-order valence-electron chi connectivity index (χ4n) is 2.96. The number of carbonyl (C=O) groups is 1. The third-order valence-electron chi connectivity index (χ3n) is 4.15. The number of pyridine rings is 1. The Hall–Kier alpha value is -3.28. The van der Waals surface area contributed by atoms with Crippen LogP contribution in [0.2, 0.25) is 0 Å². The molecule has 0 radical (unpaired) electrons. The molecule has 0 aliphatic rings. The molecule has 0 aliphatic carbocycles. The molecule has 4 nitrogen and oxygen atoms in total. The highest BCUT2D eigenvalue weighted by Gasteiger charge is 2.13. The van der Waals surface area contributed by atoms with Crippen LogP contribution in [0.25, 0.3) is 0 Å². The number of aromatic nitrogens is 1. The molecule has 0 aliphatic heterocycles. The van der Waals surface area contributed by atoms with Gasteiger partial charge in [-0.2, -0.15) is 0 Å². The number of nitrogens with zero attached hydrogens (tertiary/aromatic N) is 1. The molecule has 0 saturated carbocycles. The van der Waals surface area contributed by atoms with Gasteiger partial charge in [-0.1, -0.05) is 23.8 Å².